The lowest BCUT2D eigenvalue weighted by molar-refractivity contribution is -0.132. The van der Waals surface area contributed by atoms with Crippen LogP contribution in [0.4, 0.5) is 5.82 Å². The summed E-state index contributed by atoms with van der Waals surface area (Å²) in [6, 6.07) is 15.0. The molecule has 1 fully saturated rings. The molecule has 0 bridgehead atoms. The molecule has 1 N–H and O–H groups in total. The summed E-state index contributed by atoms with van der Waals surface area (Å²) >= 11 is 0. The number of hydrogen-bond donors (Lipinski definition) is 1. The Balaban J connectivity index is 1.90. The Bertz CT molecular complexity index is 1160. The van der Waals surface area contributed by atoms with E-state index in [0.717, 1.165) is 12.0 Å². The van der Waals surface area contributed by atoms with Gasteiger partial charge in [0.2, 0.25) is 0 Å². The molecule has 3 aromatic rings. The summed E-state index contributed by atoms with van der Waals surface area (Å²) in [4.78, 5) is 27.3. The fourth-order valence-electron chi connectivity index (χ4n) is 3.69. The Hall–Kier alpha value is -3.87. The predicted molar refractivity (Wildman–Crippen MR) is 115 cm³/mol. The number of aryl methyl sites for hydroxylation is 2. The molecule has 7 heteroatoms. The lowest BCUT2D eigenvalue weighted by atomic mass is 9.94. The second kappa shape index (κ2) is 8.10. The number of anilines is 1. The van der Waals surface area contributed by atoms with Crippen molar-refractivity contribution in [3.63, 3.8) is 0 Å². The van der Waals surface area contributed by atoms with Gasteiger partial charge in [0.05, 0.1) is 18.7 Å². The zero-order valence-corrected chi connectivity index (χ0v) is 17.5. The Morgan fingerprint density at radius 2 is 1.81 bits per heavy atom. The maximum absolute atomic E-state index is 13.0. The fraction of sp³-hybridized carbons (Fsp3) is 0.208. The monoisotopic (exact) mass is 418 g/mol. The molecular formula is C24H22N2O5. The smallest absolute Gasteiger partial charge is 0.301 e. The zero-order chi connectivity index (χ0) is 22.1. The molecule has 158 valence electrons. The van der Waals surface area contributed by atoms with Gasteiger partial charge in [0, 0.05) is 11.6 Å². The highest BCUT2D eigenvalue weighted by molar-refractivity contribution is 6.51. The molecule has 1 atom stereocenters. The predicted octanol–water partition coefficient (Wildman–Crippen LogP) is 4.18. The molecular weight excluding hydrogens is 396 g/mol. The molecule has 0 saturated carbocycles. The van der Waals surface area contributed by atoms with Gasteiger partial charge < -0.3 is 14.4 Å². The third kappa shape index (κ3) is 3.59. The average Bonchev–Trinajstić information content (AvgIpc) is 3.34. The van der Waals surface area contributed by atoms with Crippen LogP contribution < -0.4 is 9.64 Å². The van der Waals surface area contributed by atoms with Gasteiger partial charge in [-0.25, -0.2) is 0 Å². The fourth-order valence-corrected chi connectivity index (χ4v) is 3.69. The van der Waals surface area contributed by atoms with E-state index in [1.54, 1.807) is 44.4 Å². The number of ether oxygens (including phenoxy) is 1. The van der Waals surface area contributed by atoms with Gasteiger partial charge in [0.25, 0.3) is 5.78 Å². The summed E-state index contributed by atoms with van der Waals surface area (Å²) in [6.07, 6.45) is 0.856. The van der Waals surface area contributed by atoms with Crippen LogP contribution in [0.5, 0.6) is 5.75 Å². The highest BCUT2D eigenvalue weighted by Gasteiger charge is 2.48. The Morgan fingerprint density at radius 1 is 1.13 bits per heavy atom. The number of Topliss-reactive ketones (excluding diaryl/α,β-unsaturated/α-hetero) is 1. The topological polar surface area (TPSA) is 92.9 Å². The van der Waals surface area contributed by atoms with Crippen molar-refractivity contribution < 1.29 is 24.0 Å². The van der Waals surface area contributed by atoms with Crippen molar-refractivity contribution in [1.82, 2.24) is 5.16 Å². The maximum Gasteiger partial charge on any atom is 0.301 e. The van der Waals surface area contributed by atoms with E-state index in [4.69, 9.17) is 9.26 Å². The lowest BCUT2D eigenvalue weighted by Crippen LogP contribution is -2.29. The number of carbonyl (C=O) groups excluding carboxylic acids is 2. The molecule has 7 nitrogen and oxygen atoms in total. The second-order valence-corrected chi connectivity index (χ2v) is 7.29. The first-order valence-corrected chi connectivity index (χ1v) is 9.92. The van der Waals surface area contributed by atoms with E-state index in [2.05, 4.69) is 5.16 Å². The van der Waals surface area contributed by atoms with E-state index in [1.165, 1.54) is 4.90 Å². The second-order valence-electron chi connectivity index (χ2n) is 7.29. The maximum atomic E-state index is 13.0. The minimum Gasteiger partial charge on any atom is -0.507 e. The van der Waals surface area contributed by atoms with Gasteiger partial charge in [-0.15, -0.1) is 0 Å². The summed E-state index contributed by atoms with van der Waals surface area (Å²) in [7, 11) is 1.54. The summed E-state index contributed by atoms with van der Waals surface area (Å²) in [5.41, 5.74) is 2.21. The molecule has 1 amide bonds. The first kappa shape index (κ1) is 20.4. The van der Waals surface area contributed by atoms with Crippen LogP contribution in [0.3, 0.4) is 0 Å². The van der Waals surface area contributed by atoms with Crippen molar-refractivity contribution in [2.45, 2.75) is 26.3 Å². The summed E-state index contributed by atoms with van der Waals surface area (Å²) in [5.74, 6) is -0.466. The molecule has 0 unspecified atom stereocenters. The average molecular weight is 418 g/mol. The van der Waals surface area contributed by atoms with Gasteiger partial charge in [-0.3, -0.25) is 14.5 Å². The van der Waals surface area contributed by atoms with Crippen molar-refractivity contribution in [2.24, 2.45) is 0 Å². The number of benzene rings is 2. The van der Waals surface area contributed by atoms with Gasteiger partial charge >= 0.3 is 5.91 Å². The molecule has 2 heterocycles. The zero-order valence-electron chi connectivity index (χ0n) is 17.5. The molecule has 2 aromatic carbocycles. The quantitative estimate of drug-likeness (QED) is 0.380. The highest BCUT2D eigenvalue weighted by Crippen LogP contribution is 2.42. The number of nitrogens with zero attached hydrogens (tertiary/aromatic N) is 2. The third-order valence-corrected chi connectivity index (χ3v) is 5.37. The lowest BCUT2D eigenvalue weighted by Gasteiger charge is -2.23. The first-order valence-electron chi connectivity index (χ1n) is 9.92. The highest BCUT2D eigenvalue weighted by atomic mass is 16.5. The number of ketones is 1. The van der Waals surface area contributed by atoms with Crippen molar-refractivity contribution in [2.75, 3.05) is 12.0 Å². The SMILES string of the molecule is CCc1ccc([C@H]2/C(=C(\O)c3ccc(OC)cc3)C(=O)C(=O)N2c2cc(C)on2)cc1. The number of carbonyl (C=O) groups is 2. The molecule has 1 aromatic heterocycles. The van der Waals surface area contributed by atoms with E-state index in [-0.39, 0.29) is 17.2 Å². The van der Waals surface area contributed by atoms with Crippen LogP contribution in [0.1, 0.15) is 35.4 Å². The molecule has 0 spiro atoms. The van der Waals surface area contributed by atoms with Crippen molar-refractivity contribution >= 4 is 23.3 Å². The molecule has 0 radical (unpaired) electrons. The van der Waals surface area contributed by atoms with E-state index in [9.17, 15) is 14.7 Å². The minimum absolute atomic E-state index is 0.0000633. The van der Waals surface area contributed by atoms with Gasteiger partial charge in [-0.05, 0) is 48.7 Å². The molecule has 31 heavy (non-hydrogen) atoms. The van der Waals surface area contributed by atoms with E-state index >= 15 is 0 Å². The van der Waals surface area contributed by atoms with Gasteiger partial charge in [0.1, 0.15) is 17.3 Å². The van der Waals surface area contributed by atoms with E-state index in [1.807, 2.05) is 31.2 Å². The Labute approximate surface area is 179 Å². The Morgan fingerprint density at radius 3 is 2.35 bits per heavy atom. The van der Waals surface area contributed by atoms with Crippen molar-refractivity contribution in [3.05, 3.63) is 82.6 Å². The molecule has 1 aliphatic rings. The Kier molecular flexibility index (Phi) is 5.33. The number of hydrogen-bond acceptors (Lipinski definition) is 6. The van der Waals surface area contributed by atoms with Crippen LogP contribution in [-0.2, 0) is 16.0 Å². The van der Waals surface area contributed by atoms with Crippen LogP contribution in [-0.4, -0.2) is 29.1 Å². The largest absolute Gasteiger partial charge is 0.507 e. The van der Waals surface area contributed by atoms with Crippen LogP contribution in [0.15, 0.2) is 64.7 Å². The van der Waals surface area contributed by atoms with Gasteiger partial charge in [-0.1, -0.05) is 36.3 Å². The third-order valence-electron chi connectivity index (χ3n) is 5.37. The molecule has 4 rings (SSSR count). The molecule has 1 aliphatic heterocycles. The number of aliphatic hydroxyl groups is 1. The number of aromatic nitrogens is 1. The standard InChI is InChI=1S/C24H22N2O5/c1-4-15-5-7-16(8-6-15)21-20(22(27)17-9-11-18(30-3)12-10-17)23(28)24(29)26(21)19-13-14(2)31-25-19/h5-13,21,27H,4H2,1-3H3/b22-20+/t21-/m0/s1. The van der Waals surface area contributed by atoms with E-state index < -0.39 is 17.7 Å². The summed E-state index contributed by atoms with van der Waals surface area (Å²) < 4.78 is 10.3. The van der Waals surface area contributed by atoms with Crippen molar-refractivity contribution in [1.29, 1.82) is 0 Å². The molecule has 1 saturated heterocycles. The number of methoxy groups -OCH3 is 1. The van der Waals surface area contributed by atoms with Gasteiger partial charge in [0.15, 0.2) is 5.82 Å². The van der Waals surface area contributed by atoms with Gasteiger partial charge in [-0.2, -0.15) is 0 Å². The van der Waals surface area contributed by atoms with Crippen molar-refractivity contribution in [3.8, 4) is 5.75 Å². The first-order chi connectivity index (χ1) is 14.9. The normalized spacial score (nSPS) is 17.9. The minimum atomic E-state index is -0.836. The molecule has 0 aliphatic carbocycles. The number of amides is 1. The van der Waals surface area contributed by atoms with Crippen LogP contribution in [0.25, 0.3) is 5.76 Å². The van der Waals surface area contributed by atoms with E-state index in [0.29, 0.717) is 22.6 Å². The number of aliphatic hydroxyl groups excluding tert-OH is 1. The van der Waals surface area contributed by atoms with Crippen LogP contribution >= 0.6 is 0 Å². The summed E-state index contributed by atoms with van der Waals surface area (Å²) in [6.45, 7) is 3.75. The summed E-state index contributed by atoms with van der Waals surface area (Å²) in [5, 5.41) is 15.0. The number of rotatable bonds is 5. The van der Waals surface area contributed by atoms with Crippen LogP contribution in [0, 0.1) is 6.92 Å². The van der Waals surface area contributed by atoms with Crippen LogP contribution in [0.2, 0.25) is 0 Å².